The zero-order chi connectivity index (χ0) is 18.1. The smallest absolute Gasteiger partial charge is 0.387 e. The second-order valence-corrected chi connectivity index (χ2v) is 5.93. The molecule has 0 spiro atoms. The van der Waals surface area contributed by atoms with Gasteiger partial charge in [-0.2, -0.15) is 8.78 Å². The maximum atomic E-state index is 13.5. The van der Waals surface area contributed by atoms with Crippen LogP contribution in [0.25, 0.3) is 11.6 Å². The molecule has 4 rings (SSSR count). The third-order valence-electron chi connectivity index (χ3n) is 4.26. The van der Waals surface area contributed by atoms with Crippen molar-refractivity contribution in [2.45, 2.75) is 24.9 Å². The Labute approximate surface area is 146 Å². The molecule has 2 unspecified atom stereocenters. The van der Waals surface area contributed by atoms with Crippen LogP contribution >= 0.6 is 0 Å². The molecule has 8 heteroatoms. The minimum Gasteiger partial charge on any atom is -0.432 e. The summed E-state index contributed by atoms with van der Waals surface area (Å²) in [5.74, 6) is -0.110. The Morgan fingerprint density at radius 1 is 0.923 bits per heavy atom. The van der Waals surface area contributed by atoms with Gasteiger partial charge in [-0.05, 0) is 47.6 Å². The number of aromatic nitrogens is 4. The maximum absolute atomic E-state index is 13.5. The van der Waals surface area contributed by atoms with Crippen LogP contribution in [0.1, 0.15) is 29.4 Å². The Balaban J connectivity index is 1.50. The lowest BCUT2D eigenvalue weighted by Gasteiger charge is -2.08. The molecule has 2 aromatic heterocycles. The van der Waals surface area contributed by atoms with Crippen LogP contribution in [0.4, 0.5) is 13.2 Å². The summed E-state index contributed by atoms with van der Waals surface area (Å²) in [6.45, 7) is -3.06. The molecule has 0 bridgehead atoms. The first kappa shape index (κ1) is 16.4. The Morgan fingerprint density at radius 3 is 2.27 bits per heavy atom. The Bertz CT molecular complexity index is 906. The predicted molar refractivity (Wildman–Crippen MR) is 86.2 cm³/mol. The van der Waals surface area contributed by atoms with E-state index in [4.69, 9.17) is 0 Å². The van der Waals surface area contributed by atoms with E-state index in [-0.39, 0.29) is 11.8 Å². The van der Waals surface area contributed by atoms with Crippen molar-refractivity contribution in [1.29, 1.82) is 0 Å². The fraction of sp³-hybridized carbons (Fsp3) is 0.222. The van der Waals surface area contributed by atoms with Crippen LogP contribution in [0.3, 0.4) is 0 Å². The van der Waals surface area contributed by atoms with E-state index in [0.29, 0.717) is 11.6 Å². The molecule has 132 valence electrons. The van der Waals surface area contributed by atoms with Crippen LogP contribution in [0.5, 0.6) is 5.75 Å². The Kier molecular flexibility index (Phi) is 4.24. The zero-order valence-corrected chi connectivity index (χ0v) is 13.4. The summed E-state index contributed by atoms with van der Waals surface area (Å²) in [7, 11) is 0. The van der Waals surface area contributed by atoms with E-state index in [0.717, 1.165) is 23.6 Å². The summed E-state index contributed by atoms with van der Waals surface area (Å²) < 4.78 is 42.5. The molecule has 1 aliphatic carbocycles. The van der Waals surface area contributed by atoms with Gasteiger partial charge in [0.2, 0.25) is 0 Å². The number of ether oxygens (including phenoxy) is 1. The number of hydrogen-bond donors (Lipinski definition) is 0. The number of hydrogen-bond acceptors (Lipinski definition) is 5. The SMILES string of the molecule is Fc1ccc(C2CC2c2cnc(-c3ncccn3)nc2)cc1OC(F)F. The van der Waals surface area contributed by atoms with E-state index < -0.39 is 18.2 Å². The highest BCUT2D eigenvalue weighted by Gasteiger charge is 2.40. The van der Waals surface area contributed by atoms with Crippen LogP contribution in [0, 0.1) is 5.82 Å². The van der Waals surface area contributed by atoms with Gasteiger partial charge in [-0.25, -0.2) is 24.3 Å². The average Bonchev–Trinajstić information content (AvgIpc) is 3.45. The summed E-state index contributed by atoms with van der Waals surface area (Å²) in [4.78, 5) is 16.8. The molecule has 0 saturated heterocycles. The van der Waals surface area contributed by atoms with E-state index in [1.165, 1.54) is 6.07 Å². The van der Waals surface area contributed by atoms with Crippen molar-refractivity contribution in [2.24, 2.45) is 0 Å². The van der Waals surface area contributed by atoms with Crippen LogP contribution in [-0.2, 0) is 0 Å². The molecule has 1 aromatic carbocycles. The van der Waals surface area contributed by atoms with E-state index in [1.807, 2.05) is 0 Å². The molecule has 2 heterocycles. The lowest BCUT2D eigenvalue weighted by molar-refractivity contribution is -0.0522. The average molecular weight is 358 g/mol. The first-order chi connectivity index (χ1) is 12.6. The number of halogens is 3. The topological polar surface area (TPSA) is 60.8 Å². The fourth-order valence-electron chi connectivity index (χ4n) is 2.93. The van der Waals surface area contributed by atoms with E-state index >= 15 is 0 Å². The van der Waals surface area contributed by atoms with Crippen LogP contribution in [0.15, 0.2) is 49.1 Å². The third kappa shape index (κ3) is 3.35. The predicted octanol–water partition coefficient (Wildman–Crippen LogP) is 3.95. The number of rotatable bonds is 5. The normalized spacial score (nSPS) is 18.8. The second kappa shape index (κ2) is 6.70. The van der Waals surface area contributed by atoms with Crippen molar-refractivity contribution in [3.63, 3.8) is 0 Å². The third-order valence-corrected chi connectivity index (χ3v) is 4.26. The van der Waals surface area contributed by atoms with Gasteiger partial charge >= 0.3 is 6.61 Å². The van der Waals surface area contributed by atoms with Gasteiger partial charge in [0.05, 0.1) is 0 Å². The number of benzene rings is 1. The Hall–Kier alpha value is -3.03. The van der Waals surface area contributed by atoms with Gasteiger partial charge in [0.1, 0.15) is 0 Å². The molecule has 26 heavy (non-hydrogen) atoms. The highest BCUT2D eigenvalue weighted by Crippen LogP contribution is 2.54. The quantitative estimate of drug-likeness (QED) is 0.691. The monoisotopic (exact) mass is 358 g/mol. The van der Waals surface area contributed by atoms with Crippen molar-refractivity contribution in [3.8, 4) is 17.4 Å². The van der Waals surface area contributed by atoms with Crippen molar-refractivity contribution in [2.75, 3.05) is 0 Å². The molecule has 0 amide bonds. The highest BCUT2D eigenvalue weighted by molar-refractivity contribution is 5.43. The minimum absolute atomic E-state index is 0.0954. The first-order valence-corrected chi connectivity index (χ1v) is 7.95. The summed E-state index contributed by atoms with van der Waals surface area (Å²) in [6, 6.07) is 5.78. The van der Waals surface area contributed by atoms with Crippen molar-refractivity contribution in [1.82, 2.24) is 19.9 Å². The van der Waals surface area contributed by atoms with Crippen LogP contribution in [-0.4, -0.2) is 26.5 Å². The maximum Gasteiger partial charge on any atom is 0.387 e. The zero-order valence-electron chi connectivity index (χ0n) is 13.4. The fourth-order valence-corrected chi connectivity index (χ4v) is 2.93. The molecule has 1 aliphatic rings. The number of alkyl halides is 2. The van der Waals surface area contributed by atoms with E-state index in [1.54, 1.807) is 36.9 Å². The van der Waals surface area contributed by atoms with Crippen molar-refractivity contribution >= 4 is 0 Å². The van der Waals surface area contributed by atoms with Gasteiger partial charge in [-0.15, -0.1) is 0 Å². The summed E-state index contributed by atoms with van der Waals surface area (Å²) in [5.41, 5.74) is 1.68. The first-order valence-electron chi connectivity index (χ1n) is 7.95. The molecule has 5 nitrogen and oxygen atoms in total. The van der Waals surface area contributed by atoms with Crippen molar-refractivity contribution < 1.29 is 17.9 Å². The highest BCUT2D eigenvalue weighted by atomic mass is 19.3. The largest absolute Gasteiger partial charge is 0.432 e. The molecular formula is C18H13F3N4O. The van der Waals surface area contributed by atoms with Crippen molar-refractivity contribution in [3.05, 3.63) is 66.0 Å². The molecule has 0 radical (unpaired) electrons. The lowest BCUT2D eigenvalue weighted by Crippen LogP contribution is -2.04. The lowest BCUT2D eigenvalue weighted by atomic mass is 10.1. The standard InChI is InChI=1S/C18H13F3N4O/c19-14-3-2-10(6-15(14)26-18(20)21)12-7-13(12)11-8-24-17(25-9-11)16-22-4-1-5-23-16/h1-6,8-9,12-13,18H,7H2. The van der Waals surface area contributed by atoms with Gasteiger partial charge in [0.15, 0.2) is 23.2 Å². The molecule has 0 aliphatic heterocycles. The summed E-state index contributed by atoms with van der Waals surface area (Å²) >= 11 is 0. The minimum atomic E-state index is -3.06. The number of nitrogens with zero attached hydrogens (tertiary/aromatic N) is 4. The van der Waals surface area contributed by atoms with E-state index in [2.05, 4.69) is 24.7 Å². The molecule has 1 fully saturated rings. The summed E-state index contributed by atoms with van der Waals surface area (Å²) in [6.07, 6.45) is 7.46. The van der Waals surface area contributed by atoms with Gasteiger partial charge in [0, 0.05) is 24.8 Å². The van der Waals surface area contributed by atoms with E-state index in [9.17, 15) is 13.2 Å². The Morgan fingerprint density at radius 2 is 1.58 bits per heavy atom. The van der Waals surface area contributed by atoms with Crippen LogP contribution in [0.2, 0.25) is 0 Å². The van der Waals surface area contributed by atoms with Gasteiger partial charge < -0.3 is 4.74 Å². The van der Waals surface area contributed by atoms with Crippen LogP contribution < -0.4 is 4.74 Å². The second-order valence-electron chi connectivity index (χ2n) is 5.93. The van der Waals surface area contributed by atoms with Gasteiger partial charge in [0.25, 0.3) is 0 Å². The molecular weight excluding hydrogens is 345 g/mol. The van der Waals surface area contributed by atoms with Gasteiger partial charge in [-0.1, -0.05) is 6.07 Å². The molecule has 1 saturated carbocycles. The molecule has 2 atom stereocenters. The molecule has 0 N–H and O–H groups in total. The van der Waals surface area contributed by atoms with Gasteiger partial charge in [-0.3, -0.25) is 0 Å². The summed E-state index contributed by atoms with van der Waals surface area (Å²) in [5, 5.41) is 0. The molecule has 3 aromatic rings.